The van der Waals surface area contributed by atoms with Crippen molar-refractivity contribution in [3.05, 3.63) is 36.2 Å². The lowest BCUT2D eigenvalue weighted by molar-refractivity contribution is -0.131. The molecule has 0 bridgehead atoms. The van der Waals surface area contributed by atoms with Crippen LogP contribution in [0.4, 0.5) is 5.82 Å². The number of fused-ring (bicyclic) bond motifs is 1. The number of hydrogen-bond donors (Lipinski definition) is 3. The largest absolute Gasteiger partial charge is 0.353 e. The first-order valence-electron chi connectivity index (χ1n) is 11.3. The molecule has 172 valence electrons. The number of carbonyl (C=O) groups is 1. The number of amides is 1. The van der Waals surface area contributed by atoms with Gasteiger partial charge in [-0.25, -0.2) is 9.97 Å². The maximum absolute atomic E-state index is 12.1. The van der Waals surface area contributed by atoms with Crippen LogP contribution >= 0.6 is 11.8 Å². The summed E-state index contributed by atoms with van der Waals surface area (Å²) in [5.74, 6) is 1.31. The van der Waals surface area contributed by atoms with Crippen molar-refractivity contribution in [3.8, 4) is 0 Å². The number of piperazine rings is 1. The molecule has 1 saturated heterocycles. The number of nitrogens with zero attached hydrogens (tertiary/aromatic N) is 4. The van der Waals surface area contributed by atoms with E-state index in [1.165, 1.54) is 18.4 Å². The Labute approximate surface area is 194 Å². The van der Waals surface area contributed by atoms with Crippen molar-refractivity contribution in [2.24, 2.45) is 5.73 Å². The maximum atomic E-state index is 12.1. The lowest BCUT2D eigenvalue weighted by Gasteiger charge is -2.37. The monoisotopic (exact) mass is 455 g/mol. The highest BCUT2D eigenvalue weighted by Gasteiger charge is 2.27. The molecule has 0 saturated carbocycles. The van der Waals surface area contributed by atoms with Gasteiger partial charge < -0.3 is 15.5 Å². The van der Waals surface area contributed by atoms with E-state index in [1.807, 2.05) is 16.7 Å². The van der Waals surface area contributed by atoms with E-state index in [2.05, 4.69) is 21.8 Å². The van der Waals surface area contributed by atoms with Gasteiger partial charge in [0.25, 0.3) is 0 Å². The zero-order valence-electron chi connectivity index (χ0n) is 18.7. The molecular formula is C23H33N7OS. The molecule has 0 radical (unpaired) electrons. The fraction of sp³-hybridized carbons (Fsp3) is 0.522. The van der Waals surface area contributed by atoms with E-state index in [9.17, 15) is 4.79 Å². The van der Waals surface area contributed by atoms with Crippen LogP contribution in [0.1, 0.15) is 38.2 Å². The summed E-state index contributed by atoms with van der Waals surface area (Å²) in [5, 5.41) is 15.9. The van der Waals surface area contributed by atoms with Gasteiger partial charge in [0.05, 0.1) is 11.4 Å². The first kappa shape index (κ1) is 24.1. The van der Waals surface area contributed by atoms with Crippen LogP contribution < -0.4 is 10.6 Å². The predicted molar refractivity (Wildman–Crippen MR) is 131 cm³/mol. The average molecular weight is 456 g/mol. The zero-order valence-corrected chi connectivity index (χ0v) is 19.5. The second kappa shape index (κ2) is 11.9. The number of nitrogens with one attached hydrogen (secondary N) is 2. The Morgan fingerprint density at radius 3 is 2.44 bits per heavy atom. The van der Waals surface area contributed by atoms with Crippen molar-refractivity contribution < 1.29 is 4.79 Å². The summed E-state index contributed by atoms with van der Waals surface area (Å²) in [4.78, 5) is 25.5. The third-order valence-electron chi connectivity index (χ3n) is 5.79. The molecule has 2 aliphatic heterocycles. The highest BCUT2D eigenvalue weighted by atomic mass is 32.2. The number of allylic oxidation sites excluding steroid dienone is 4. The third kappa shape index (κ3) is 6.26. The molecule has 0 aromatic carbocycles. The highest BCUT2D eigenvalue weighted by Crippen LogP contribution is 2.38. The van der Waals surface area contributed by atoms with Gasteiger partial charge in [-0.1, -0.05) is 19.1 Å². The average Bonchev–Trinajstić information content (AvgIpc) is 2.84. The molecule has 1 aromatic rings. The van der Waals surface area contributed by atoms with Crippen LogP contribution in [0.3, 0.4) is 0 Å². The molecule has 9 heteroatoms. The predicted octanol–water partition coefficient (Wildman–Crippen LogP) is 2.83. The van der Waals surface area contributed by atoms with Gasteiger partial charge in [-0.3, -0.25) is 15.6 Å². The lowest BCUT2D eigenvalue weighted by atomic mass is 10.1. The first-order valence-corrected chi connectivity index (χ1v) is 12.2. The van der Waals surface area contributed by atoms with Crippen LogP contribution in [0.15, 0.2) is 35.7 Å². The molecule has 1 aliphatic carbocycles. The zero-order chi connectivity index (χ0) is 22.9. The van der Waals surface area contributed by atoms with Gasteiger partial charge in [-0.05, 0) is 44.4 Å². The Morgan fingerprint density at radius 2 is 1.84 bits per heavy atom. The lowest BCUT2D eigenvalue weighted by Crippen LogP contribution is -2.49. The standard InChI is InChI=1S/C17H27N5OS.C6H6N2/c1-2-13-5-6-14-16(19-12-20-17(14)24-13)22-10-8-21(9-11-22)15(23)4-3-7-18;7-5-3-1-2-4-6(5)8/h12-13H,2-11,18H2,1H3;1-4,7-8H. The van der Waals surface area contributed by atoms with Gasteiger partial charge in [0.1, 0.15) is 17.2 Å². The SMILES string of the molecule is CCC1CCc2c(ncnc2N2CCN(C(=O)CCCN)CC2)S1.N=C1C=CC=CC1=N. The Hall–Kier alpha value is -2.52. The molecule has 1 amide bonds. The summed E-state index contributed by atoms with van der Waals surface area (Å²) in [6.45, 7) is 6.06. The molecular weight excluding hydrogens is 422 g/mol. The van der Waals surface area contributed by atoms with Gasteiger partial charge in [-0.15, -0.1) is 11.8 Å². The number of thioether (sulfide) groups is 1. The van der Waals surface area contributed by atoms with Crippen molar-refractivity contribution in [1.29, 1.82) is 10.8 Å². The molecule has 0 spiro atoms. The molecule has 3 heterocycles. The van der Waals surface area contributed by atoms with Crippen LogP contribution in [0.5, 0.6) is 0 Å². The molecule has 32 heavy (non-hydrogen) atoms. The quantitative estimate of drug-likeness (QED) is 0.463. The molecule has 4 N–H and O–H groups in total. The minimum absolute atomic E-state index is 0.228. The van der Waals surface area contributed by atoms with Crippen LogP contribution in [0.25, 0.3) is 0 Å². The van der Waals surface area contributed by atoms with E-state index in [4.69, 9.17) is 16.6 Å². The summed E-state index contributed by atoms with van der Waals surface area (Å²) in [6.07, 6.45) is 13.2. The fourth-order valence-electron chi connectivity index (χ4n) is 3.85. The van der Waals surface area contributed by atoms with Crippen molar-refractivity contribution >= 4 is 34.9 Å². The van der Waals surface area contributed by atoms with Crippen LogP contribution in [0, 0.1) is 10.8 Å². The van der Waals surface area contributed by atoms with Crippen molar-refractivity contribution in [2.45, 2.75) is 49.3 Å². The van der Waals surface area contributed by atoms with Crippen LogP contribution in [0.2, 0.25) is 0 Å². The second-order valence-corrected chi connectivity index (χ2v) is 9.26. The number of hydrogen-bond acceptors (Lipinski definition) is 8. The molecule has 4 rings (SSSR count). The Bertz CT molecular complexity index is 868. The summed E-state index contributed by atoms with van der Waals surface area (Å²) >= 11 is 1.90. The number of nitrogens with two attached hydrogens (primary N) is 1. The number of aromatic nitrogens is 2. The topological polar surface area (TPSA) is 123 Å². The second-order valence-electron chi connectivity index (χ2n) is 7.97. The third-order valence-corrected chi connectivity index (χ3v) is 7.26. The van der Waals surface area contributed by atoms with Gasteiger partial charge >= 0.3 is 0 Å². The van der Waals surface area contributed by atoms with Crippen molar-refractivity contribution in [1.82, 2.24) is 14.9 Å². The highest BCUT2D eigenvalue weighted by molar-refractivity contribution is 8.00. The summed E-state index contributed by atoms with van der Waals surface area (Å²) < 4.78 is 0. The van der Waals surface area contributed by atoms with E-state index in [0.717, 1.165) is 49.9 Å². The van der Waals surface area contributed by atoms with Crippen LogP contribution in [-0.4, -0.2) is 70.2 Å². The van der Waals surface area contributed by atoms with E-state index in [1.54, 1.807) is 30.6 Å². The summed E-state index contributed by atoms with van der Waals surface area (Å²) in [7, 11) is 0. The first-order chi connectivity index (χ1) is 15.5. The van der Waals surface area contributed by atoms with Crippen LogP contribution in [-0.2, 0) is 11.2 Å². The Kier molecular flexibility index (Phi) is 8.99. The molecule has 1 aromatic heterocycles. The fourth-order valence-corrected chi connectivity index (χ4v) is 5.01. The smallest absolute Gasteiger partial charge is 0.222 e. The van der Waals surface area contributed by atoms with Crippen molar-refractivity contribution in [2.75, 3.05) is 37.6 Å². The Balaban J connectivity index is 0.000000305. The normalized spacial score (nSPS) is 20.0. The molecule has 1 unspecified atom stereocenters. The van der Waals surface area contributed by atoms with E-state index < -0.39 is 0 Å². The summed E-state index contributed by atoms with van der Waals surface area (Å²) in [5.41, 5.74) is 7.36. The number of carbonyl (C=O) groups excluding carboxylic acids is 1. The van der Waals surface area contributed by atoms with Gasteiger partial charge in [0, 0.05) is 43.4 Å². The minimum Gasteiger partial charge on any atom is -0.353 e. The molecule has 1 atom stereocenters. The Morgan fingerprint density at radius 1 is 1.16 bits per heavy atom. The number of rotatable bonds is 5. The maximum Gasteiger partial charge on any atom is 0.222 e. The minimum atomic E-state index is 0.228. The van der Waals surface area contributed by atoms with Gasteiger partial charge in [0.15, 0.2) is 0 Å². The van der Waals surface area contributed by atoms with Gasteiger partial charge in [-0.2, -0.15) is 0 Å². The van der Waals surface area contributed by atoms with Crippen molar-refractivity contribution in [3.63, 3.8) is 0 Å². The van der Waals surface area contributed by atoms with Gasteiger partial charge in [0.2, 0.25) is 5.91 Å². The molecule has 1 fully saturated rings. The molecule has 3 aliphatic rings. The van der Waals surface area contributed by atoms with E-state index >= 15 is 0 Å². The van der Waals surface area contributed by atoms with E-state index in [-0.39, 0.29) is 17.3 Å². The number of anilines is 1. The van der Waals surface area contributed by atoms with E-state index in [0.29, 0.717) is 18.2 Å². The molecule has 8 nitrogen and oxygen atoms in total. The summed E-state index contributed by atoms with van der Waals surface area (Å²) in [6, 6.07) is 0.